The zero-order valence-electron chi connectivity index (χ0n) is 16.4. The number of rotatable bonds is 6. The molecule has 0 spiro atoms. The molecule has 3 N–H and O–H groups in total. The maximum atomic E-state index is 12.5. The summed E-state index contributed by atoms with van der Waals surface area (Å²) in [5, 5.41) is 9.64. The molecule has 3 aromatic rings. The van der Waals surface area contributed by atoms with E-state index >= 15 is 0 Å². The molecule has 0 saturated heterocycles. The predicted octanol–water partition coefficient (Wildman–Crippen LogP) is 5.00. The SMILES string of the molecule is CCCCC(=O)NC(=S)Nc1ccc(NC(=O)c2cc3ccccc3o2)c(C)c1. The first-order chi connectivity index (χ1) is 14.0. The van der Waals surface area contributed by atoms with Crippen LogP contribution in [0.3, 0.4) is 0 Å². The molecule has 3 rings (SSSR count). The first-order valence-electron chi connectivity index (χ1n) is 9.47. The van der Waals surface area contributed by atoms with Gasteiger partial charge >= 0.3 is 0 Å². The van der Waals surface area contributed by atoms with Crippen LogP contribution in [0.1, 0.15) is 42.3 Å². The summed E-state index contributed by atoms with van der Waals surface area (Å²) in [5.41, 5.74) is 2.91. The number of thiocarbonyl (C=S) groups is 1. The van der Waals surface area contributed by atoms with Crippen LogP contribution in [0.25, 0.3) is 11.0 Å². The summed E-state index contributed by atoms with van der Waals surface area (Å²) in [6.07, 6.45) is 2.23. The van der Waals surface area contributed by atoms with Gasteiger partial charge in [0.1, 0.15) is 5.58 Å². The Morgan fingerprint density at radius 3 is 2.59 bits per heavy atom. The second kappa shape index (κ2) is 9.34. The Morgan fingerprint density at radius 2 is 1.86 bits per heavy atom. The standard InChI is InChI=1S/C22H23N3O3S/c1-3-4-9-20(26)25-22(29)23-16-10-11-17(14(2)12-16)24-21(27)19-13-15-7-5-6-8-18(15)28-19/h5-8,10-13H,3-4,9H2,1-2H3,(H,24,27)(H2,23,25,26,29). The highest BCUT2D eigenvalue weighted by Gasteiger charge is 2.14. The lowest BCUT2D eigenvalue weighted by molar-refractivity contribution is -0.119. The van der Waals surface area contributed by atoms with Gasteiger partial charge in [0.05, 0.1) is 0 Å². The highest BCUT2D eigenvalue weighted by molar-refractivity contribution is 7.80. The molecule has 0 aliphatic heterocycles. The summed E-state index contributed by atoms with van der Waals surface area (Å²) < 4.78 is 5.60. The molecular formula is C22H23N3O3S. The fourth-order valence-electron chi connectivity index (χ4n) is 2.85. The first-order valence-corrected chi connectivity index (χ1v) is 9.88. The molecule has 1 aromatic heterocycles. The molecule has 0 fully saturated rings. The van der Waals surface area contributed by atoms with Crippen LogP contribution in [0.15, 0.2) is 52.9 Å². The molecule has 0 bridgehead atoms. The van der Waals surface area contributed by atoms with Crippen molar-refractivity contribution in [2.45, 2.75) is 33.1 Å². The van der Waals surface area contributed by atoms with E-state index in [1.165, 1.54) is 0 Å². The van der Waals surface area contributed by atoms with E-state index in [0.29, 0.717) is 17.7 Å². The lowest BCUT2D eigenvalue weighted by Gasteiger charge is -2.12. The van der Waals surface area contributed by atoms with Gasteiger partial charge in [0.2, 0.25) is 5.91 Å². The average Bonchev–Trinajstić information content (AvgIpc) is 3.12. The second-order valence-electron chi connectivity index (χ2n) is 6.74. The molecule has 0 saturated carbocycles. The molecule has 2 aromatic carbocycles. The van der Waals surface area contributed by atoms with Crippen molar-refractivity contribution in [3.05, 3.63) is 59.9 Å². The van der Waals surface area contributed by atoms with Crippen LogP contribution in [0.5, 0.6) is 0 Å². The van der Waals surface area contributed by atoms with E-state index in [1.807, 2.05) is 44.2 Å². The number of hydrogen-bond acceptors (Lipinski definition) is 4. The Hall–Kier alpha value is -3.19. The number of hydrogen-bond donors (Lipinski definition) is 3. The van der Waals surface area contributed by atoms with E-state index in [-0.39, 0.29) is 22.7 Å². The molecule has 0 unspecified atom stereocenters. The van der Waals surface area contributed by atoms with Gasteiger partial charge in [-0.2, -0.15) is 0 Å². The summed E-state index contributed by atoms with van der Waals surface area (Å²) in [6, 6.07) is 14.6. The second-order valence-corrected chi connectivity index (χ2v) is 7.15. The topological polar surface area (TPSA) is 83.4 Å². The first kappa shape index (κ1) is 20.5. The van der Waals surface area contributed by atoms with E-state index in [9.17, 15) is 9.59 Å². The van der Waals surface area contributed by atoms with Crippen LogP contribution in [0.4, 0.5) is 11.4 Å². The fraction of sp³-hybridized carbons (Fsp3) is 0.227. The minimum absolute atomic E-state index is 0.101. The average molecular weight is 410 g/mol. The summed E-state index contributed by atoms with van der Waals surface area (Å²) in [7, 11) is 0. The Kier molecular flexibility index (Phi) is 6.61. The third-order valence-electron chi connectivity index (χ3n) is 4.39. The normalized spacial score (nSPS) is 10.6. The minimum atomic E-state index is -0.316. The molecule has 2 amide bonds. The molecular weight excluding hydrogens is 386 g/mol. The smallest absolute Gasteiger partial charge is 0.291 e. The van der Waals surface area contributed by atoms with Crippen LogP contribution in [-0.4, -0.2) is 16.9 Å². The van der Waals surface area contributed by atoms with E-state index in [1.54, 1.807) is 18.2 Å². The van der Waals surface area contributed by atoms with Crippen molar-refractivity contribution in [2.75, 3.05) is 10.6 Å². The molecule has 6 nitrogen and oxygen atoms in total. The number of amides is 2. The van der Waals surface area contributed by atoms with Crippen molar-refractivity contribution in [3.8, 4) is 0 Å². The van der Waals surface area contributed by atoms with E-state index in [4.69, 9.17) is 16.6 Å². The van der Waals surface area contributed by atoms with Crippen LogP contribution in [0.2, 0.25) is 0 Å². The number of furan rings is 1. The number of carbonyl (C=O) groups excluding carboxylic acids is 2. The molecule has 1 heterocycles. The van der Waals surface area contributed by atoms with Crippen LogP contribution >= 0.6 is 12.2 Å². The highest BCUT2D eigenvalue weighted by Crippen LogP contribution is 2.23. The summed E-state index contributed by atoms with van der Waals surface area (Å²) in [4.78, 5) is 24.3. The van der Waals surface area contributed by atoms with Crippen molar-refractivity contribution in [1.29, 1.82) is 0 Å². The monoisotopic (exact) mass is 409 g/mol. The van der Waals surface area contributed by atoms with Crippen molar-refractivity contribution in [2.24, 2.45) is 0 Å². The zero-order valence-corrected chi connectivity index (χ0v) is 17.2. The van der Waals surface area contributed by atoms with Gasteiger partial charge in [0, 0.05) is 23.2 Å². The lowest BCUT2D eigenvalue weighted by Crippen LogP contribution is -2.33. The Morgan fingerprint density at radius 1 is 1.07 bits per heavy atom. The van der Waals surface area contributed by atoms with Gasteiger partial charge in [-0.05, 0) is 61.5 Å². The number of benzene rings is 2. The quantitative estimate of drug-likeness (QED) is 0.499. The zero-order chi connectivity index (χ0) is 20.8. The molecule has 150 valence electrons. The third-order valence-corrected chi connectivity index (χ3v) is 4.60. The Balaban J connectivity index is 1.62. The molecule has 7 heteroatoms. The number of fused-ring (bicyclic) bond motifs is 1. The number of aryl methyl sites for hydroxylation is 1. The molecule has 0 atom stereocenters. The van der Waals surface area contributed by atoms with Gasteiger partial charge in [0.25, 0.3) is 5.91 Å². The summed E-state index contributed by atoms with van der Waals surface area (Å²) >= 11 is 5.18. The fourth-order valence-corrected chi connectivity index (χ4v) is 3.08. The van der Waals surface area contributed by atoms with Crippen molar-refractivity contribution < 1.29 is 14.0 Å². The minimum Gasteiger partial charge on any atom is -0.451 e. The van der Waals surface area contributed by atoms with Crippen LogP contribution in [0, 0.1) is 6.92 Å². The molecule has 29 heavy (non-hydrogen) atoms. The maximum Gasteiger partial charge on any atom is 0.291 e. The summed E-state index contributed by atoms with van der Waals surface area (Å²) in [5.74, 6) is -0.164. The number of para-hydroxylation sites is 1. The van der Waals surface area contributed by atoms with Gasteiger partial charge in [-0.1, -0.05) is 31.5 Å². The number of nitrogens with one attached hydrogen (secondary N) is 3. The number of unbranched alkanes of at least 4 members (excludes halogenated alkanes) is 1. The van der Waals surface area contributed by atoms with Crippen molar-refractivity contribution in [1.82, 2.24) is 5.32 Å². The predicted molar refractivity (Wildman–Crippen MR) is 119 cm³/mol. The van der Waals surface area contributed by atoms with Gasteiger partial charge in [-0.15, -0.1) is 0 Å². The lowest BCUT2D eigenvalue weighted by atomic mass is 10.1. The molecule has 0 aliphatic carbocycles. The van der Waals surface area contributed by atoms with Crippen molar-refractivity contribution in [3.63, 3.8) is 0 Å². The largest absolute Gasteiger partial charge is 0.451 e. The Bertz CT molecular complexity index is 1030. The van der Waals surface area contributed by atoms with Crippen LogP contribution < -0.4 is 16.0 Å². The molecule has 0 aliphatic rings. The van der Waals surface area contributed by atoms with Gasteiger partial charge < -0.3 is 20.4 Å². The Labute approximate surface area is 174 Å². The van der Waals surface area contributed by atoms with Crippen molar-refractivity contribution >= 4 is 51.5 Å². The number of anilines is 2. The van der Waals surface area contributed by atoms with Gasteiger partial charge in [-0.25, -0.2) is 0 Å². The third kappa shape index (κ3) is 5.42. The maximum absolute atomic E-state index is 12.5. The van der Waals surface area contributed by atoms with E-state index in [2.05, 4.69) is 16.0 Å². The van der Waals surface area contributed by atoms with Gasteiger partial charge in [-0.3, -0.25) is 9.59 Å². The summed E-state index contributed by atoms with van der Waals surface area (Å²) in [6.45, 7) is 3.91. The van der Waals surface area contributed by atoms with Gasteiger partial charge in [0.15, 0.2) is 10.9 Å². The van der Waals surface area contributed by atoms with E-state index in [0.717, 1.165) is 29.5 Å². The molecule has 0 radical (unpaired) electrons. The number of carbonyl (C=O) groups is 2. The highest BCUT2D eigenvalue weighted by atomic mass is 32.1. The van der Waals surface area contributed by atoms with E-state index < -0.39 is 0 Å². The van der Waals surface area contributed by atoms with Crippen LogP contribution in [-0.2, 0) is 4.79 Å².